The quantitative estimate of drug-likeness (QED) is 0.647. The Hall–Kier alpha value is -1.04. The maximum atomic E-state index is 12.3. The van der Waals surface area contributed by atoms with Crippen molar-refractivity contribution in [2.24, 2.45) is 0 Å². The predicted octanol–water partition coefficient (Wildman–Crippen LogP) is 2.18. The fourth-order valence-electron chi connectivity index (χ4n) is 0.870. The van der Waals surface area contributed by atoms with E-state index in [1.54, 1.807) is 0 Å². The molecule has 0 aliphatic carbocycles. The lowest BCUT2D eigenvalue weighted by Gasteiger charge is -2.05. The predicted molar refractivity (Wildman–Crippen MR) is 46.7 cm³/mol. The van der Waals surface area contributed by atoms with Crippen molar-refractivity contribution in [3.63, 3.8) is 0 Å². The van der Waals surface area contributed by atoms with Gasteiger partial charge in [-0.25, -0.2) is 13.8 Å². The smallest absolute Gasteiger partial charge is 0.264 e. The number of nitrogen functional groups attached to an aromatic ring is 1. The van der Waals surface area contributed by atoms with Crippen LogP contribution in [0.5, 0.6) is 0 Å². The van der Waals surface area contributed by atoms with Crippen molar-refractivity contribution >= 4 is 28.0 Å². The Labute approximate surface area is 81.1 Å². The van der Waals surface area contributed by atoms with Crippen LogP contribution in [0.3, 0.4) is 0 Å². The topological polar surface area (TPSA) is 56.0 Å². The average Bonchev–Trinajstić information content (AvgIpc) is 2.02. The second-order valence-electron chi connectivity index (χ2n) is 2.25. The Morgan fingerprint density at radius 2 is 2.23 bits per heavy atom. The molecular weight excluding hydrogens is 246 g/mol. The van der Waals surface area contributed by atoms with E-state index in [0.29, 0.717) is 0 Å². The number of carbonyl (C=O) groups excluding carboxylic acids is 1. The fraction of sp³-hybridized carbons (Fsp3) is 0.143. The van der Waals surface area contributed by atoms with Gasteiger partial charge in [0, 0.05) is 5.56 Å². The monoisotopic (exact) mass is 250 g/mol. The number of aromatic nitrogens is 1. The van der Waals surface area contributed by atoms with Gasteiger partial charge in [-0.1, -0.05) is 0 Å². The highest BCUT2D eigenvalue weighted by Gasteiger charge is 2.16. The third-order valence-electron chi connectivity index (χ3n) is 1.44. The van der Waals surface area contributed by atoms with Gasteiger partial charge in [-0.15, -0.1) is 0 Å². The van der Waals surface area contributed by atoms with Gasteiger partial charge in [0.25, 0.3) is 6.43 Å². The maximum absolute atomic E-state index is 12.3. The van der Waals surface area contributed by atoms with Gasteiger partial charge >= 0.3 is 0 Å². The SMILES string of the molecule is Nc1nc(Br)cc(C(F)F)c1C=O. The number of pyridine rings is 1. The van der Waals surface area contributed by atoms with Gasteiger partial charge in [-0.3, -0.25) is 4.79 Å². The number of hydrogen-bond acceptors (Lipinski definition) is 3. The molecule has 0 atom stereocenters. The molecule has 70 valence electrons. The molecule has 3 nitrogen and oxygen atoms in total. The van der Waals surface area contributed by atoms with E-state index in [1.807, 2.05) is 0 Å². The average molecular weight is 251 g/mol. The summed E-state index contributed by atoms with van der Waals surface area (Å²) in [5, 5.41) is 0. The molecule has 0 saturated carbocycles. The van der Waals surface area contributed by atoms with E-state index in [4.69, 9.17) is 5.73 Å². The lowest BCUT2D eigenvalue weighted by atomic mass is 10.1. The molecule has 13 heavy (non-hydrogen) atoms. The van der Waals surface area contributed by atoms with E-state index in [-0.39, 0.29) is 22.3 Å². The summed E-state index contributed by atoms with van der Waals surface area (Å²) in [6.07, 6.45) is -2.46. The first kappa shape index (κ1) is 10.0. The van der Waals surface area contributed by atoms with E-state index < -0.39 is 12.0 Å². The zero-order valence-corrected chi connectivity index (χ0v) is 7.88. The largest absolute Gasteiger partial charge is 0.383 e. The van der Waals surface area contributed by atoms with E-state index in [1.165, 1.54) is 0 Å². The Bertz CT molecular complexity index is 344. The number of rotatable bonds is 2. The molecule has 0 unspecified atom stereocenters. The molecule has 0 bridgehead atoms. The molecule has 1 aromatic heterocycles. The van der Waals surface area contributed by atoms with Crippen molar-refractivity contribution in [3.05, 3.63) is 21.8 Å². The molecule has 6 heteroatoms. The van der Waals surface area contributed by atoms with E-state index >= 15 is 0 Å². The van der Waals surface area contributed by atoms with Crippen LogP contribution in [0.2, 0.25) is 0 Å². The van der Waals surface area contributed by atoms with Gasteiger partial charge in [-0.05, 0) is 22.0 Å². The number of nitrogens with two attached hydrogens (primary N) is 1. The van der Waals surface area contributed by atoms with Crippen LogP contribution in [0, 0.1) is 0 Å². The molecule has 0 aliphatic heterocycles. The summed E-state index contributed by atoms with van der Waals surface area (Å²) in [5.74, 6) is -0.195. The van der Waals surface area contributed by atoms with Gasteiger partial charge in [0.05, 0.1) is 5.56 Å². The minimum absolute atomic E-state index is 0.186. The molecule has 0 aliphatic rings. The zero-order chi connectivity index (χ0) is 10.0. The number of anilines is 1. The van der Waals surface area contributed by atoms with Crippen molar-refractivity contribution in [2.45, 2.75) is 6.43 Å². The molecular formula is C7H5BrF2N2O. The number of hydrogen-bond donors (Lipinski definition) is 1. The highest BCUT2D eigenvalue weighted by atomic mass is 79.9. The van der Waals surface area contributed by atoms with Gasteiger partial charge in [0.1, 0.15) is 10.4 Å². The highest BCUT2D eigenvalue weighted by molar-refractivity contribution is 9.10. The molecule has 0 radical (unpaired) electrons. The maximum Gasteiger partial charge on any atom is 0.264 e. The molecule has 0 aromatic carbocycles. The van der Waals surface area contributed by atoms with Gasteiger partial charge in [0.2, 0.25) is 0 Å². The Morgan fingerprint density at radius 1 is 1.62 bits per heavy atom. The molecule has 0 amide bonds. The zero-order valence-electron chi connectivity index (χ0n) is 6.30. The molecule has 0 saturated heterocycles. The van der Waals surface area contributed by atoms with Crippen molar-refractivity contribution in [2.75, 3.05) is 5.73 Å². The second kappa shape index (κ2) is 3.78. The van der Waals surface area contributed by atoms with Crippen LogP contribution in [0.25, 0.3) is 0 Å². The lowest BCUT2D eigenvalue weighted by molar-refractivity contribution is 0.110. The lowest BCUT2D eigenvalue weighted by Crippen LogP contribution is -2.02. The minimum Gasteiger partial charge on any atom is -0.383 e. The first-order valence-corrected chi connectivity index (χ1v) is 4.04. The van der Waals surface area contributed by atoms with Crippen LogP contribution in [-0.2, 0) is 0 Å². The summed E-state index contributed by atoms with van der Waals surface area (Å²) in [4.78, 5) is 14.0. The summed E-state index contributed by atoms with van der Waals surface area (Å²) < 4.78 is 24.8. The standard InChI is InChI=1S/C7H5BrF2N2O/c8-5-1-3(6(9)10)4(2-13)7(11)12-5/h1-2,6H,(H2,11,12). The highest BCUT2D eigenvalue weighted by Crippen LogP contribution is 2.27. The number of halogens is 3. The molecule has 1 rings (SSSR count). The summed E-state index contributed by atoms with van der Waals surface area (Å²) in [6.45, 7) is 0. The first-order valence-electron chi connectivity index (χ1n) is 3.25. The summed E-state index contributed by atoms with van der Waals surface area (Å²) in [5.41, 5.74) is 4.61. The first-order chi connectivity index (χ1) is 6.06. The Kier molecular flexibility index (Phi) is 2.92. The third kappa shape index (κ3) is 2.00. The molecule has 1 aromatic rings. The van der Waals surface area contributed by atoms with Gasteiger partial charge < -0.3 is 5.73 Å². The molecule has 0 spiro atoms. The van der Waals surface area contributed by atoms with Crippen LogP contribution >= 0.6 is 15.9 Å². The van der Waals surface area contributed by atoms with Crippen LogP contribution in [0.1, 0.15) is 22.3 Å². The van der Waals surface area contributed by atoms with Crippen molar-refractivity contribution < 1.29 is 13.6 Å². The van der Waals surface area contributed by atoms with Crippen molar-refractivity contribution in [1.82, 2.24) is 4.98 Å². The Balaban J connectivity index is 3.38. The normalized spacial score (nSPS) is 10.5. The van der Waals surface area contributed by atoms with E-state index in [9.17, 15) is 13.6 Å². The second-order valence-corrected chi connectivity index (χ2v) is 3.06. The molecule has 0 fully saturated rings. The Morgan fingerprint density at radius 3 is 2.69 bits per heavy atom. The van der Waals surface area contributed by atoms with Crippen LogP contribution in [-0.4, -0.2) is 11.3 Å². The fourth-order valence-corrected chi connectivity index (χ4v) is 1.31. The van der Waals surface area contributed by atoms with Crippen LogP contribution in [0.4, 0.5) is 14.6 Å². The minimum atomic E-state index is -2.73. The summed E-state index contributed by atoms with van der Waals surface area (Å²) in [6, 6.07) is 1.07. The molecule has 2 N–H and O–H groups in total. The van der Waals surface area contributed by atoms with Gasteiger partial charge in [0.15, 0.2) is 6.29 Å². The summed E-state index contributed by atoms with van der Waals surface area (Å²) in [7, 11) is 0. The summed E-state index contributed by atoms with van der Waals surface area (Å²) >= 11 is 2.90. The van der Waals surface area contributed by atoms with E-state index in [2.05, 4.69) is 20.9 Å². The molecule has 1 heterocycles. The number of alkyl halides is 2. The third-order valence-corrected chi connectivity index (χ3v) is 1.85. The number of nitrogens with zero attached hydrogens (tertiary/aromatic N) is 1. The number of carbonyl (C=O) groups is 1. The van der Waals surface area contributed by atoms with Crippen LogP contribution < -0.4 is 5.73 Å². The van der Waals surface area contributed by atoms with Crippen molar-refractivity contribution in [3.8, 4) is 0 Å². The van der Waals surface area contributed by atoms with Gasteiger partial charge in [-0.2, -0.15) is 0 Å². The van der Waals surface area contributed by atoms with E-state index in [0.717, 1.165) is 6.07 Å². The number of aldehydes is 1. The van der Waals surface area contributed by atoms with Crippen molar-refractivity contribution in [1.29, 1.82) is 0 Å². The van der Waals surface area contributed by atoms with Crippen LogP contribution in [0.15, 0.2) is 10.7 Å².